The van der Waals surface area contributed by atoms with Gasteiger partial charge in [-0.25, -0.2) is 0 Å². The van der Waals surface area contributed by atoms with Crippen molar-refractivity contribution in [1.82, 2.24) is 0 Å². The lowest BCUT2D eigenvalue weighted by atomic mass is 9.78. The Labute approximate surface area is 132 Å². The maximum Gasteiger partial charge on any atom is 0.135 e. The maximum atomic E-state index is 11.7. The number of ether oxygens (including phenoxy) is 1. The number of carbonyl (C=O) groups excluding carboxylic acids is 1. The van der Waals surface area contributed by atoms with Crippen LogP contribution in [0.1, 0.15) is 42.4 Å². The van der Waals surface area contributed by atoms with E-state index in [4.69, 9.17) is 4.74 Å². The van der Waals surface area contributed by atoms with Gasteiger partial charge in [-0.15, -0.1) is 0 Å². The third-order valence-electron chi connectivity index (χ3n) is 4.53. The Morgan fingerprint density at radius 1 is 0.818 bits per heavy atom. The molecule has 0 atom stereocenters. The molecular formula is C20H22O2. The fraction of sp³-hybridized carbons (Fsp3) is 0.350. The first kappa shape index (κ1) is 14.8. The number of hydrogen-bond donors (Lipinski definition) is 0. The molecule has 2 heteroatoms. The summed E-state index contributed by atoms with van der Waals surface area (Å²) in [6.07, 6.45) is 2.70. The minimum atomic E-state index is -0.378. The van der Waals surface area contributed by atoms with Gasteiger partial charge >= 0.3 is 0 Å². The van der Waals surface area contributed by atoms with Crippen molar-refractivity contribution >= 4 is 5.78 Å². The average Bonchev–Trinajstić information content (AvgIpc) is 2.53. The highest BCUT2D eigenvalue weighted by Crippen LogP contribution is 2.40. The quantitative estimate of drug-likeness (QED) is 0.818. The normalized spacial score (nSPS) is 17.3. The molecule has 2 nitrogen and oxygen atoms in total. The van der Waals surface area contributed by atoms with E-state index in [0.717, 1.165) is 18.6 Å². The van der Waals surface area contributed by atoms with Crippen molar-refractivity contribution in [3.05, 3.63) is 65.2 Å². The highest BCUT2D eigenvalue weighted by Gasteiger charge is 2.38. The topological polar surface area (TPSA) is 26.3 Å². The summed E-state index contributed by atoms with van der Waals surface area (Å²) < 4.78 is 6.42. The zero-order chi connectivity index (χ0) is 15.6. The number of benzene rings is 2. The summed E-state index contributed by atoms with van der Waals surface area (Å²) in [5.41, 5.74) is 3.25. The Morgan fingerprint density at radius 3 is 1.86 bits per heavy atom. The fourth-order valence-corrected chi connectivity index (χ4v) is 3.07. The summed E-state index contributed by atoms with van der Waals surface area (Å²) >= 11 is 0. The van der Waals surface area contributed by atoms with Gasteiger partial charge in [0.05, 0.1) is 0 Å². The van der Waals surface area contributed by atoms with Crippen molar-refractivity contribution < 1.29 is 9.53 Å². The third kappa shape index (κ3) is 3.06. The van der Waals surface area contributed by atoms with Crippen molar-refractivity contribution in [2.45, 2.75) is 45.1 Å². The molecule has 2 aromatic rings. The van der Waals surface area contributed by atoms with Crippen LogP contribution in [0.5, 0.6) is 5.75 Å². The van der Waals surface area contributed by atoms with Crippen molar-refractivity contribution in [2.24, 2.45) is 0 Å². The molecule has 2 aromatic carbocycles. The summed E-state index contributed by atoms with van der Waals surface area (Å²) in [5.74, 6) is 1.22. The lowest BCUT2D eigenvalue weighted by molar-refractivity contribution is -0.124. The predicted octanol–water partition coefficient (Wildman–Crippen LogP) is 4.72. The van der Waals surface area contributed by atoms with Crippen molar-refractivity contribution in [1.29, 1.82) is 0 Å². The first-order valence-corrected chi connectivity index (χ1v) is 7.92. The van der Waals surface area contributed by atoms with E-state index in [0.29, 0.717) is 18.6 Å². The number of hydrogen-bond acceptors (Lipinski definition) is 2. The number of ketones is 1. The van der Waals surface area contributed by atoms with Gasteiger partial charge in [-0.2, -0.15) is 0 Å². The second-order valence-corrected chi connectivity index (χ2v) is 6.31. The first-order chi connectivity index (χ1) is 10.6. The molecular weight excluding hydrogens is 272 g/mol. The molecule has 0 aliphatic heterocycles. The van der Waals surface area contributed by atoms with Crippen LogP contribution in [0.4, 0.5) is 0 Å². The SMILES string of the molecule is Cc1ccc(OC2(c3ccc(C)cc3)CCC(=O)CC2)cc1. The van der Waals surface area contributed by atoms with Crippen LogP contribution < -0.4 is 4.74 Å². The van der Waals surface area contributed by atoms with Crippen molar-refractivity contribution in [3.8, 4) is 5.75 Å². The molecule has 1 aliphatic carbocycles. The van der Waals surface area contributed by atoms with Crippen molar-refractivity contribution in [2.75, 3.05) is 0 Å². The second-order valence-electron chi connectivity index (χ2n) is 6.31. The van der Waals surface area contributed by atoms with E-state index in [1.807, 2.05) is 12.1 Å². The van der Waals surface area contributed by atoms with Gasteiger partial charge in [0.25, 0.3) is 0 Å². The summed E-state index contributed by atoms with van der Waals surface area (Å²) in [4.78, 5) is 11.7. The van der Waals surface area contributed by atoms with Gasteiger partial charge in [-0.05, 0) is 44.4 Å². The first-order valence-electron chi connectivity index (χ1n) is 7.92. The Bertz CT molecular complexity index is 643. The predicted molar refractivity (Wildman–Crippen MR) is 88.1 cm³/mol. The van der Waals surface area contributed by atoms with E-state index in [1.165, 1.54) is 16.7 Å². The zero-order valence-electron chi connectivity index (χ0n) is 13.3. The number of carbonyl (C=O) groups is 1. The molecule has 22 heavy (non-hydrogen) atoms. The molecule has 1 saturated carbocycles. The highest BCUT2D eigenvalue weighted by molar-refractivity contribution is 5.79. The molecule has 1 fully saturated rings. The van der Waals surface area contributed by atoms with Crippen LogP contribution in [0.25, 0.3) is 0 Å². The smallest absolute Gasteiger partial charge is 0.135 e. The van der Waals surface area contributed by atoms with E-state index in [-0.39, 0.29) is 5.60 Å². The minimum Gasteiger partial charge on any atom is -0.483 e. The van der Waals surface area contributed by atoms with Gasteiger partial charge in [0, 0.05) is 12.8 Å². The minimum absolute atomic E-state index is 0.343. The van der Waals surface area contributed by atoms with Crippen LogP contribution >= 0.6 is 0 Å². The largest absolute Gasteiger partial charge is 0.483 e. The molecule has 114 valence electrons. The summed E-state index contributed by atoms with van der Waals surface area (Å²) in [6, 6.07) is 16.7. The summed E-state index contributed by atoms with van der Waals surface area (Å²) in [5, 5.41) is 0. The van der Waals surface area contributed by atoms with Crippen LogP contribution in [-0.4, -0.2) is 5.78 Å². The van der Waals surface area contributed by atoms with E-state index >= 15 is 0 Å². The Kier molecular flexibility index (Phi) is 4.02. The molecule has 3 rings (SSSR count). The summed E-state index contributed by atoms with van der Waals surface area (Å²) in [7, 11) is 0. The maximum absolute atomic E-state index is 11.7. The van der Waals surface area contributed by atoms with Gasteiger partial charge in [-0.1, -0.05) is 47.5 Å². The van der Waals surface area contributed by atoms with Gasteiger partial charge in [0.1, 0.15) is 17.1 Å². The van der Waals surface area contributed by atoms with E-state index in [9.17, 15) is 4.79 Å². The molecule has 0 bridgehead atoms. The van der Waals surface area contributed by atoms with Crippen LogP contribution in [0.2, 0.25) is 0 Å². The molecule has 0 saturated heterocycles. The number of rotatable bonds is 3. The molecule has 0 amide bonds. The zero-order valence-corrected chi connectivity index (χ0v) is 13.3. The van der Waals surface area contributed by atoms with Gasteiger partial charge < -0.3 is 4.74 Å². The second kappa shape index (κ2) is 5.96. The molecule has 0 radical (unpaired) electrons. The molecule has 0 N–H and O–H groups in total. The Balaban J connectivity index is 1.94. The number of aryl methyl sites for hydroxylation is 2. The molecule has 0 unspecified atom stereocenters. The molecule has 0 heterocycles. The van der Waals surface area contributed by atoms with Crippen LogP contribution in [0.15, 0.2) is 48.5 Å². The standard InChI is InChI=1S/C20H22O2/c1-15-3-7-17(8-4-15)20(13-11-18(21)12-14-20)22-19-9-5-16(2)6-10-19/h3-10H,11-14H2,1-2H3. The van der Waals surface area contributed by atoms with E-state index in [2.05, 4.69) is 50.2 Å². The highest BCUT2D eigenvalue weighted by atomic mass is 16.5. The molecule has 0 spiro atoms. The van der Waals surface area contributed by atoms with Crippen LogP contribution in [0.3, 0.4) is 0 Å². The van der Waals surface area contributed by atoms with Gasteiger partial charge in [-0.3, -0.25) is 4.79 Å². The molecule has 1 aliphatic rings. The van der Waals surface area contributed by atoms with Crippen molar-refractivity contribution in [3.63, 3.8) is 0 Å². The lowest BCUT2D eigenvalue weighted by Gasteiger charge is -2.38. The van der Waals surface area contributed by atoms with E-state index < -0.39 is 0 Å². The van der Waals surface area contributed by atoms with Gasteiger partial charge in [0.15, 0.2) is 0 Å². The Hall–Kier alpha value is -2.09. The third-order valence-corrected chi connectivity index (χ3v) is 4.53. The average molecular weight is 294 g/mol. The fourth-order valence-electron chi connectivity index (χ4n) is 3.07. The summed E-state index contributed by atoms with van der Waals surface area (Å²) in [6.45, 7) is 4.15. The molecule has 0 aromatic heterocycles. The van der Waals surface area contributed by atoms with Gasteiger partial charge in [0.2, 0.25) is 0 Å². The van der Waals surface area contributed by atoms with Crippen LogP contribution in [0, 0.1) is 13.8 Å². The lowest BCUT2D eigenvalue weighted by Crippen LogP contribution is -2.37. The van der Waals surface area contributed by atoms with E-state index in [1.54, 1.807) is 0 Å². The monoisotopic (exact) mass is 294 g/mol. The Morgan fingerprint density at radius 2 is 1.32 bits per heavy atom. The number of Topliss-reactive ketones (excluding diaryl/α,β-unsaturated/α-hetero) is 1. The van der Waals surface area contributed by atoms with Crippen LogP contribution in [-0.2, 0) is 10.4 Å².